The summed E-state index contributed by atoms with van der Waals surface area (Å²) in [5, 5.41) is 0. The molecule has 0 aromatic heterocycles. The third-order valence-electron chi connectivity index (χ3n) is 1.01. The van der Waals surface area contributed by atoms with Crippen molar-refractivity contribution in [1.82, 2.24) is 0 Å². The van der Waals surface area contributed by atoms with Crippen molar-refractivity contribution in [2.75, 3.05) is 6.54 Å². The molecule has 0 rings (SSSR count). The Hall–Kier alpha value is -1.07. The molecule has 0 aromatic carbocycles. The van der Waals surface area contributed by atoms with Gasteiger partial charge in [0.05, 0.1) is 0 Å². The molecule has 2 N–H and O–H groups in total. The Morgan fingerprint density at radius 1 is 1.80 bits per heavy atom. The van der Waals surface area contributed by atoms with Gasteiger partial charge < -0.3 is 5.73 Å². The van der Waals surface area contributed by atoms with E-state index in [4.69, 9.17) is 12.2 Å². The Morgan fingerprint density at radius 3 is 2.90 bits per heavy atom. The Labute approximate surface area is 61.8 Å². The van der Waals surface area contributed by atoms with Gasteiger partial charge in [-0.3, -0.25) is 4.99 Å². The molecule has 0 aliphatic rings. The van der Waals surface area contributed by atoms with Crippen molar-refractivity contribution < 1.29 is 0 Å². The second-order valence-electron chi connectivity index (χ2n) is 1.70. The monoisotopic (exact) mass is 136 g/mol. The topological polar surface area (TPSA) is 38.4 Å². The fourth-order valence-electron chi connectivity index (χ4n) is 0.461. The van der Waals surface area contributed by atoms with Crippen LogP contribution in [0.3, 0.4) is 0 Å². The van der Waals surface area contributed by atoms with Crippen LogP contribution in [0.1, 0.15) is 13.3 Å². The third kappa shape index (κ3) is 3.88. The third-order valence-corrected chi connectivity index (χ3v) is 1.01. The van der Waals surface area contributed by atoms with E-state index in [1.807, 2.05) is 13.0 Å². The molecule has 0 saturated carbocycles. The van der Waals surface area contributed by atoms with Crippen LogP contribution in [-0.2, 0) is 0 Å². The predicted molar refractivity (Wildman–Crippen MR) is 44.8 cm³/mol. The van der Waals surface area contributed by atoms with Crippen LogP contribution in [0, 0.1) is 12.3 Å². The Balaban J connectivity index is 3.77. The Morgan fingerprint density at radius 2 is 2.50 bits per heavy atom. The summed E-state index contributed by atoms with van der Waals surface area (Å²) >= 11 is 0. The molecule has 0 aliphatic heterocycles. The van der Waals surface area contributed by atoms with Crippen molar-refractivity contribution in [3.63, 3.8) is 0 Å². The maximum atomic E-state index is 5.33. The molecule has 2 nitrogen and oxygen atoms in total. The highest BCUT2D eigenvalue weighted by molar-refractivity contribution is 5.62. The maximum Gasteiger partial charge on any atom is 0.0493 e. The first kappa shape index (κ1) is 8.93. The second-order valence-corrected chi connectivity index (χ2v) is 1.70. The summed E-state index contributed by atoms with van der Waals surface area (Å²) in [6.45, 7) is 2.37. The highest BCUT2D eigenvalue weighted by atomic mass is 14.8. The molecule has 0 bridgehead atoms. The van der Waals surface area contributed by atoms with E-state index in [0.29, 0.717) is 13.0 Å². The van der Waals surface area contributed by atoms with Gasteiger partial charge >= 0.3 is 0 Å². The molecule has 0 aromatic rings. The lowest BCUT2D eigenvalue weighted by Crippen LogP contribution is -2.00. The number of allylic oxidation sites excluding steroid dienone is 1. The highest BCUT2D eigenvalue weighted by Crippen LogP contribution is 1.90. The smallest absolute Gasteiger partial charge is 0.0493 e. The summed E-state index contributed by atoms with van der Waals surface area (Å²) in [6, 6.07) is 0. The maximum absolute atomic E-state index is 5.33. The number of terminal acetylenes is 1. The standard InChI is InChI=1S/C8H12N2/c1-3-5-6-10-8(4-2)7-9/h1,4,6H,5,7,9H2,2H3/b8-4-,10-6?. The van der Waals surface area contributed by atoms with E-state index in [1.54, 1.807) is 6.21 Å². The molecule has 0 heterocycles. The number of aliphatic imine (C=N–C) groups is 1. The SMILES string of the molecule is C#CCC=N/C(=C\C)CN. The van der Waals surface area contributed by atoms with Crippen molar-refractivity contribution in [2.24, 2.45) is 10.7 Å². The summed E-state index contributed by atoms with van der Waals surface area (Å²) in [5.41, 5.74) is 6.20. The minimum Gasteiger partial charge on any atom is -0.325 e. The number of hydrogen-bond donors (Lipinski definition) is 1. The summed E-state index contributed by atoms with van der Waals surface area (Å²) < 4.78 is 0. The number of nitrogens with two attached hydrogens (primary N) is 1. The lowest BCUT2D eigenvalue weighted by atomic mass is 10.4. The van der Waals surface area contributed by atoms with Crippen LogP contribution in [-0.4, -0.2) is 12.8 Å². The van der Waals surface area contributed by atoms with E-state index in [2.05, 4.69) is 10.9 Å². The Bertz CT molecular complexity index is 172. The molecule has 2 heteroatoms. The predicted octanol–water partition coefficient (Wildman–Crippen LogP) is 0.943. The molecule has 10 heavy (non-hydrogen) atoms. The quantitative estimate of drug-likeness (QED) is 0.455. The molecule has 0 radical (unpaired) electrons. The van der Waals surface area contributed by atoms with Crippen LogP contribution in [0.15, 0.2) is 16.8 Å². The highest BCUT2D eigenvalue weighted by Gasteiger charge is 1.82. The molecule has 0 unspecified atom stereocenters. The lowest BCUT2D eigenvalue weighted by Gasteiger charge is -1.91. The number of nitrogens with zero attached hydrogens (tertiary/aromatic N) is 1. The average molecular weight is 136 g/mol. The molecular weight excluding hydrogens is 124 g/mol. The molecule has 0 aliphatic carbocycles. The minimum atomic E-state index is 0.470. The van der Waals surface area contributed by atoms with Gasteiger partial charge in [0, 0.05) is 24.9 Å². The van der Waals surface area contributed by atoms with E-state index in [-0.39, 0.29) is 0 Å². The van der Waals surface area contributed by atoms with Crippen LogP contribution < -0.4 is 5.73 Å². The zero-order valence-corrected chi connectivity index (χ0v) is 6.17. The molecule has 54 valence electrons. The van der Waals surface area contributed by atoms with Gasteiger partial charge in [-0.25, -0.2) is 0 Å². The molecule has 0 atom stereocenters. The van der Waals surface area contributed by atoms with E-state index >= 15 is 0 Å². The van der Waals surface area contributed by atoms with E-state index in [1.165, 1.54) is 0 Å². The van der Waals surface area contributed by atoms with Gasteiger partial charge in [-0.05, 0) is 6.92 Å². The molecule has 0 spiro atoms. The largest absolute Gasteiger partial charge is 0.325 e. The summed E-state index contributed by atoms with van der Waals surface area (Å²) in [5.74, 6) is 2.45. The van der Waals surface area contributed by atoms with E-state index in [9.17, 15) is 0 Å². The van der Waals surface area contributed by atoms with Gasteiger partial charge in [-0.1, -0.05) is 6.08 Å². The lowest BCUT2D eigenvalue weighted by molar-refractivity contribution is 1.10. The van der Waals surface area contributed by atoms with Crippen molar-refractivity contribution in [3.05, 3.63) is 11.8 Å². The molecule has 0 amide bonds. The number of hydrogen-bond acceptors (Lipinski definition) is 2. The van der Waals surface area contributed by atoms with Gasteiger partial charge in [-0.2, -0.15) is 0 Å². The van der Waals surface area contributed by atoms with Gasteiger partial charge in [0.15, 0.2) is 0 Å². The minimum absolute atomic E-state index is 0.470. The van der Waals surface area contributed by atoms with Crippen molar-refractivity contribution >= 4 is 6.21 Å². The van der Waals surface area contributed by atoms with Crippen LogP contribution in [0.5, 0.6) is 0 Å². The Kier molecular flexibility index (Phi) is 5.41. The first-order valence-electron chi connectivity index (χ1n) is 3.16. The van der Waals surface area contributed by atoms with E-state index in [0.717, 1.165) is 5.70 Å². The zero-order chi connectivity index (χ0) is 7.82. The fourth-order valence-corrected chi connectivity index (χ4v) is 0.461. The van der Waals surface area contributed by atoms with Crippen LogP contribution in [0.25, 0.3) is 0 Å². The van der Waals surface area contributed by atoms with Crippen molar-refractivity contribution in [3.8, 4) is 12.3 Å². The first-order chi connectivity index (χ1) is 4.85. The molecular formula is C8H12N2. The normalized spacial score (nSPS) is 11.9. The summed E-state index contributed by atoms with van der Waals surface area (Å²) in [4.78, 5) is 4.02. The van der Waals surface area contributed by atoms with Gasteiger partial charge in [0.25, 0.3) is 0 Å². The summed E-state index contributed by atoms with van der Waals surface area (Å²) in [6.07, 6.45) is 9.12. The molecule has 0 fully saturated rings. The van der Waals surface area contributed by atoms with Crippen LogP contribution >= 0.6 is 0 Å². The van der Waals surface area contributed by atoms with Gasteiger partial charge in [0.2, 0.25) is 0 Å². The molecule has 0 saturated heterocycles. The van der Waals surface area contributed by atoms with Crippen LogP contribution in [0.2, 0.25) is 0 Å². The van der Waals surface area contributed by atoms with Crippen molar-refractivity contribution in [1.29, 1.82) is 0 Å². The average Bonchev–Trinajstić information content (AvgIpc) is 1.99. The van der Waals surface area contributed by atoms with Crippen molar-refractivity contribution in [2.45, 2.75) is 13.3 Å². The number of rotatable bonds is 3. The second kappa shape index (κ2) is 6.06. The summed E-state index contributed by atoms with van der Waals surface area (Å²) in [7, 11) is 0. The van der Waals surface area contributed by atoms with E-state index < -0.39 is 0 Å². The van der Waals surface area contributed by atoms with Gasteiger partial charge in [0.1, 0.15) is 0 Å². The first-order valence-corrected chi connectivity index (χ1v) is 3.16. The zero-order valence-electron chi connectivity index (χ0n) is 6.17. The van der Waals surface area contributed by atoms with Gasteiger partial charge in [-0.15, -0.1) is 12.3 Å². The van der Waals surface area contributed by atoms with Crippen LogP contribution in [0.4, 0.5) is 0 Å². The fraction of sp³-hybridized carbons (Fsp3) is 0.375.